The first-order valence-corrected chi connectivity index (χ1v) is 12.3. The van der Waals surface area contributed by atoms with Crippen molar-refractivity contribution >= 4 is 38.8 Å². The standard InChI is InChI=1S/C26H29ClO3S/c1-17(27)16-30-20-11-9-18(10-12-20)25(28)24-22-14-13-21(29-2)15-23(22)31-26(24)19-7-5-3-4-6-8-19/h9-15,17,19H,3-8,16H2,1-2H3. The van der Waals surface area contributed by atoms with Crippen LogP contribution in [0, 0.1) is 0 Å². The van der Waals surface area contributed by atoms with Gasteiger partial charge in [0.05, 0.1) is 12.5 Å². The van der Waals surface area contributed by atoms with Crippen LogP contribution in [0.2, 0.25) is 0 Å². The summed E-state index contributed by atoms with van der Waals surface area (Å²) in [5.74, 6) is 2.11. The molecule has 3 aromatic rings. The van der Waals surface area contributed by atoms with Crippen molar-refractivity contribution in [2.75, 3.05) is 13.7 Å². The molecule has 31 heavy (non-hydrogen) atoms. The van der Waals surface area contributed by atoms with Crippen LogP contribution in [-0.4, -0.2) is 24.9 Å². The molecule has 1 aromatic heterocycles. The molecule has 0 bridgehead atoms. The number of hydrogen-bond donors (Lipinski definition) is 0. The van der Waals surface area contributed by atoms with Crippen LogP contribution < -0.4 is 9.47 Å². The van der Waals surface area contributed by atoms with Gasteiger partial charge in [-0.2, -0.15) is 0 Å². The predicted molar refractivity (Wildman–Crippen MR) is 130 cm³/mol. The van der Waals surface area contributed by atoms with E-state index in [9.17, 15) is 4.79 Å². The smallest absolute Gasteiger partial charge is 0.194 e. The second-order valence-corrected chi connectivity index (χ2v) is 10.2. The quantitative estimate of drug-likeness (QED) is 0.209. The topological polar surface area (TPSA) is 35.5 Å². The van der Waals surface area contributed by atoms with Crippen LogP contribution in [-0.2, 0) is 0 Å². The van der Waals surface area contributed by atoms with Crippen molar-refractivity contribution in [2.45, 2.75) is 56.7 Å². The number of benzene rings is 2. The minimum absolute atomic E-state index is 0.0578. The van der Waals surface area contributed by atoms with Crippen LogP contribution in [0.25, 0.3) is 10.1 Å². The summed E-state index contributed by atoms with van der Waals surface area (Å²) < 4.78 is 12.2. The Morgan fingerprint density at radius 3 is 2.39 bits per heavy atom. The molecule has 2 aromatic carbocycles. The molecule has 1 saturated carbocycles. The second-order valence-electron chi connectivity index (χ2n) is 8.34. The van der Waals surface area contributed by atoms with Crippen LogP contribution in [0.4, 0.5) is 0 Å². The lowest BCUT2D eigenvalue weighted by molar-refractivity contribution is 0.103. The average molecular weight is 457 g/mol. The van der Waals surface area contributed by atoms with E-state index in [1.54, 1.807) is 18.4 Å². The Kier molecular flexibility index (Phi) is 7.19. The molecule has 3 nitrogen and oxygen atoms in total. The van der Waals surface area contributed by atoms with Gasteiger partial charge in [-0.05, 0) is 68.1 Å². The van der Waals surface area contributed by atoms with Gasteiger partial charge >= 0.3 is 0 Å². The van der Waals surface area contributed by atoms with Crippen molar-refractivity contribution in [1.29, 1.82) is 0 Å². The van der Waals surface area contributed by atoms with Gasteiger partial charge < -0.3 is 9.47 Å². The third kappa shape index (κ3) is 5.07. The summed E-state index contributed by atoms with van der Waals surface area (Å²) in [6.45, 7) is 2.34. The van der Waals surface area contributed by atoms with E-state index < -0.39 is 0 Å². The molecule has 1 aliphatic rings. The molecule has 1 atom stereocenters. The molecule has 0 saturated heterocycles. The Morgan fingerprint density at radius 2 is 1.74 bits per heavy atom. The van der Waals surface area contributed by atoms with Crippen LogP contribution in [0.5, 0.6) is 11.5 Å². The summed E-state index contributed by atoms with van der Waals surface area (Å²) in [5, 5.41) is 0.976. The molecule has 1 fully saturated rings. The first-order chi connectivity index (χ1) is 15.1. The number of carbonyl (C=O) groups excluding carboxylic acids is 1. The zero-order chi connectivity index (χ0) is 21.8. The molecular formula is C26H29ClO3S. The summed E-state index contributed by atoms with van der Waals surface area (Å²) in [6.07, 6.45) is 7.38. The van der Waals surface area contributed by atoms with Crippen LogP contribution in [0.15, 0.2) is 42.5 Å². The minimum Gasteiger partial charge on any atom is -0.497 e. The molecule has 1 heterocycles. The number of ketones is 1. The van der Waals surface area contributed by atoms with E-state index in [1.165, 1.54) is 30.6 Å². The average Bonchev–Trinajstić information content (AvgIpc) is 2.95. The number of hydrogen-bond acceptors (Lipinski definition) is 4. The van der Waals surface area contributed by atoms with Crippen LogP contribution in [0.1, 0.15) is 72.2 Å². The summed E-state index contributed by atoms with van der Waals surface area (Å²) in [7, 11) is 1.68. The monoisotopic (exact) mass is 456 g/mol. The van der Waals surface area contributed by atoms with Gasteiger partial charge in [0.2, 0.25) is 0 Å². The van der Waals surface area contributed by atoms with E-state index in [0.717, 1.165) is 40.0 Å². The maximum absolute atomic E-state index is 13.7. The van der Waals surface area contributed by atoms with E-state index in [4.69, 9.17) is 21.1 Å². The number of methoxy groups -OCH3 is 1. The van der Waals surface area contributed by atoms with Gasteiger partial charge in [-0.3, -0.25) is 4.79 Å². The van der Waals surface area contributed by atoms with Gasteiger partial charge in [-0.15, -0.1) is 22.9 Å². The zero-order valence-electron chi connectivity index (χ0n) is 18.2. The van der Waals surface area contributed by atoms with Gasteiger partial charge in [0.1, 0.15) is 18.1 Å². The van der Waals surface area contributed by atoms with Gasteiger partial charge in [-0.25, -0.2) is 0 Å². The van der Waals surface area contributed by atoms with Gasteiger partial charge in [-0.1, -0.05) is 25.7 Å². The molecule has 0 N–H and O–H groups in total. The maximum Gasteiger partial charge on any atom is 0.194 e. The van der Waals surface area contributed by atoms with E-state index in [0.29, 0.717) is 18.1 Å². The summed E-state index contributed by atoms with van der Waals surface area (Å²) in [5.41, 5.74) is 1.56. The summed E-state index contributed by atoms with van der Waals surface area (Å²) in [4.78, 5) is 15.0. The summed E-state index contributed by atoms with van der Waals surface area (Å²) >= 11 is 7.74. The number of carbonyl (C=O) groups is 1. The Bertz CT molecular complexity index is 1030. The number of rotatable bonds is 7. The van der Waals surface area contributed by atoms with Crippen molar-refractivity contribution in [2.24, 2.45) is 0 Å². The number of fused-ring (bicyclic) bond motifs is 1. The van der Waals surface area contributed by atoms with Gasteiger partial charge in [0.25, 0.3) is 0 Å². The van der Waals surface area contributed by atoms with Gasteiger partial charge in [0, 0.05) is 26.1 Å². The second kappa shape index (κ2) is 10.1. The lowest BCUT2D eigenvalue weighted by atomic mass is 9.91. The molecule has 4 rings (SSSR count). The highest BCUT2D eigenvalue weighted by Gasteiger charge is 2.26. The fraction of sp³-hybridized carbons (Fsp3) is 0.423. The third-order valence-electron chi connectivity index (χ3n) is 5.97. The molecular weight excluding hydrogens is 428 g/mol. The first-order valence-electron chi connectivity index (χ1n) is 11.1. The van der Waals surface area contributed by atoms with E-state index in [2.05, 4.69) is 6.07 Å². The number of thiophene rings is 1. The Hall–Kier alpha value is -2.04. The van der Waals surface area contributed by atoms with Crippen molar-refractivity contribution in [3.05, 3.63) is 58.5 Å². The van der Waals surface area contributed by atoms with Crippen molar-refractivity contribution in [3.63, 3.8) is 0 Å². The third-order valence-corrected chi connectivity index (χ3v) is 7.41. The molecule has 1 aliphatic carbocycles. The Balaban J connectivity index is 1.72. The SMILES string of the molecule is COc1ccc2c(C(=O)c3ccc(OCC(C)Cl)cc3)c(C3CCCCCC3)sc2c1. The normalized spacial score (nSPS) is 16.1. The minimum atomic E-state index is -0.0578. The zero-order valence-corrected chi connectivity index (χ0v) is 19.7. The maximum atomic E-state index is 13.7. The van der Waals surface area contributed by atoms with Gasteiger partial charge in [0.15, 0.2) is 5.78 Å². The number of halogens is 1. The highest BCUT2D eigenvalue weighted by molar-refractivity contribution is 7.19. The molecule has 1 unspecified atom stereocenters. The van der Waals surface area contributed by atoms with Crippen molar-refractivity contribution < 1.29 is 14.3 Å². The molecule has 164 valence electrons. The van der Waals surface area contributed by atoms with E-state index in [1.807, 2.05) is 43.3 Å². The summed E-state index contributed by atoms with van der Waals surface area (Å²) in [6, 6.07) is 13.5. The van der Waals surface area contributed by atoms with Crippen LogP contribution in [0.3, 0.4) is 0 Å². The molecule has 0 spiro atoms. The molecule has 0 aliphatic heterocycles. The molecule has 5 heteroatoms. The Morgan fingerprint density at radius 1 is 1.06 bits per heavy atom. The molecule has 0 radical (unpaired) electrons. The molecule has 0 amide bonds. The Labute approximate surface area is 193 Å². The number of ether oxygens (including phenoxy) is 2. The first kappa shape index (κ1) is 22.2. The predicted octanol–water partition coefficient (Wildman–Crippen LogP) is 7.58. The highest BCUT2D eigenvalue weighted by atomic mass is 35.5. The van der Waals surface area contributed by atoms with E-state index in [-0.39, 0.29) is 11.2 Å². The lowest BCUT2D eigenvalue weighted by Crippen LogP contribution is -2.08. The van der Waals surface area contributed by atoms with E-state index >= 15 is 0 Å². The number of alkyl halides is 1. The van der Waals surface area contributed by atoms with Crippen molar-refractivity contribution in [3.8, 4) is 11.5 Å². The van der Waals surface area contributed by atoms with Crippen LogP contribution >= 0.6 is 22.9 Å². The highest BCUT2D eigenvalue weighted by Crippen LogP contribution is 2.43. The lowest BCUT2D eigenvalue weighted by Gasteiger charge is -2.15. The van der Waals surface area contributed by atoms with Crippen molar-refractivity contribution in [1.82, 2.24) is 0 Å². The largest absolute Gasteiger partial charge is 0.497 e. The fourth-order valence-corrected chi connectivity index (χ4v) is 5.81. The fourth-order valence-electron chi connectivity index (χ4n) is 4.34.